The van der Waals surface area contributed by atoms with Gasteiger partial charge in [0, 0.05) is 43.7 Å². The fourth-order valence-electron chi connectivity index (χ4n) is 3.04. The predicted molar refractivity (Wildman–Crippen MR) is 98.8 cm³/mol. The molecule has 6 heteroatoms. The van der Waals surface area contributed by atoms with Crippen LogP contribution in [0.25, 0.3) is 0 Å². The zero-order valence-corrected chi connectivity index (χ0v) is 15.3. The number of hydrogen-bond acceptors (Lipinski definition) is 4. The van der Waals surface area contributed by atoms with Crippen molar-refractivity contribution in [3.05, 3.63) is 59.7 Å². The highest BCUT2D eigenvalue weighted by Gasteiger charge is 2.24. The van der Waals surface area contributed by atoms with Crippen LogP contribution in [0.4, 0.5) is 5.69 Å². The molecule has 2 aromatic carbocycles. The summed E-state index contributed by atoms with van der Waals surface area (Å²) in [6.07, 6.45) is 1.16. The summed E-state index contributed by atoms with van der Waals surface area (Å²) < 4.78 is 23.5. The van der Waals surface area contributed by atoms with Crippen molar-refractivity contribution in [1.82, 2.24) is 4.90 Å². The number of amides is 1. The van der Waals surface area contributed by atoms with Crippen LogP contribution < -0.4 is 4.90 Å². The van der Waals surface area contributed by atoms with Crippen LogP contribution in [0.15, 0.2) is 53.4 Å². The van der Waals surface area contributed by atoms with Gasteiger partial charge in [-0.15, -0.1) is 0 Å². The smallest absolute Gasteiger partial charge is 0.254 e. The topological polar surface area (TPSA) is 57.7 Å². The van der Waals surface area contributed by atoms with Crippen molar-refractivity contribution in [2.75, 3.05) is 37.3 Å². The van der Waals surface area contributed by atoms with Crippen molar-refractivity contribution in [2.24, 2.45) is 0 Å². The van der Waals surface area contributed by atoms with E-state index in [0.29, 0.717) is 18.7 Å². The van der Waals surface area contributed by atoms with E-state index in [-0.39, 0.29) is 10.8 Å². The maximum Gasteiger partial charge on any atom is 0.254 e. The van der Waals surface area contributed by atoms with E-state index in [0.717, 1.165) is 30.6 Å². The molecule has 0 aliphatic carbocycles. The molecule has 0 bridgehead atoms. The number of nitrogens with zero attached hydrogens (tertiary/aromatic N) is 2. The third-order valence-corrected chi connectivity index (χ3v) is 5.67. The van der Waals surface area contributed by atoms with Crippen LogP contribution in [0.5, 0.6) is 0 Å². The Kier molecular flexibility index (Phi) is 4.81. The monoisotopic (exact) mass is 358 g/mol. The largest absolute Gasteiger partial charge is 0.368 e. The summed E-state index contributed by atoms with van der Waals surface area (Å²) in [7, 11) is -3.33. The summed E-state index contributed by atoms with van der Waals surface area (Å²) in [5.74, 6) is -0.101. The maximum absolute atomic E-state index is 12.9. The lowest BCUT2D eigenvalue weighted by atomic mass is 10.1. The molecule has 1 fully saturated rings. The van der Waals surface area contributed by atoms with Gasteiger partial charge < -0.3 is 9.80 Å². The molecule has 1 aliphatic heterocycles. The van der Waals surface area contributed by atoms with Gasteiger partial charge in [0.25, 0.3) is 5.91 Å². The number of rotatable bonds is 3. The molecule has 0 radical (unpaired) electrons. The molecule has 0 aromatic heterocycles. The van der Waals surface area contributed by atoms with Gasteiger partial charge in [-0.25, -0.2) is 8.42 Å². The summed E-state index contributed by atoms with van der Waals surface area (Å²) in [4.78, 5) is 17.1. The molecule has 25 heavy (non-hydrogen) atoms. The number of carbonyl (C=O) groups is 1. The van der Waals surface area contributed by atoms with Gasteiger partial charge >= 0.3 is 0 Å². The molecule has 0 N–H and O–H groups in total. The number of piperazine rings is 1. The van der Waals surface area contributed by atoms with E-state index in [1.807, 2.05) is 25.1 Å². The molecule has 132 valence electrons. The Morgan fingerprint density at radius 3 is 2.20 bits per heavy atom. The first-order valence-corrected chi connectivity index (χ1v) is 10.2. The summed E-state index contributed by atoms with van der Waals surface area (Å²) in [5.41, 5.74) is 2.42. The Morgan fingerprint density at radius 1 is 0.960 bits per heavy atom. The molecule has 1 aliphatic rings. The Balaban J connectivity index is 1.75. The van der Waals surface area contributed by atoms with Gasteiger partial charge in [-0.05, 0) is 36.8 Å². The third-order valence-electron chi connectivity index (χ3n) is 4.56. The number of carbonyl (C=O) groups excluding carboxylic acids is 1. The summed E-state index contributed by atoms with van der Waals surface area (Å²) >= 11 is 0. The summed E-state index contributed by atoms with van der Waals surface area (Å²) in [6, 6.07) is 14.9. The number of para-hydroxylation sites is 1. The standard InChI is InChI=1S/C19H22N2O3S/c1-15-8-9-17(25(2,23)24)14-18(15)19(22)21-12-10-20(11-13-21)16-6-4-3-5-7-16/h3-9,14H,10-13H2,1-2H3. The van der Waals surface area contributed by atoms with Crippen LogP contribution in [-0.4, -0.2) is 51.7 Å². The Morgan fingerprint density at radius 2 is 1.60 bits per heavy atom. The molecule has 0 spiro atoms. The summed E-state index contributed by atoms with van der Waals surface area (Å²) in [6.45, 7) is 4.60. The highest BCUT2D eigenvalue weighted by atomic mass is 32.2. The number of sulfone groups is 1. The van der Waals surface area contributed by atoms with E-state index in [1.165, 1.54) is 6.07 Å². The maximum atomic E-state index is 12.9. The van der Waals surface area contributed by atoms with Crippen LogP contribution in [0.2, 0.25) is 0 Å². The van der Waals surface area contributed by atoms with E-state index < -0.39 is 9.84 Å². The van der Waals surface area contributed by atoms with Crippen LogP contribution in [0.3, 0.4) is 0 Å². The average molecular weight is 358 g/mol. The number of hydrogen-bond donors (Lipinski definition) is 0. The van der Waals surface area contributed by atoms with Crippen molar-refractivity contribution < 1.29 is 13.2 Å². The average Bonchev–Trinajstić information content (AvgIpc) is 2.61. The molecule has 2 aromatic rings. The van der Waals surface area contributed by atoms with Crippen LogP contribution in [-0.2, 0) is 9.84 Å². The van der Waals surface area contributed by atoms with Gasteiger partial charge in [0.15, 0.2) is 9.84 Å². The van der Waals surface area contributed by atoms with Gasteiger partial charge in [-0.1, -0.05) is 24.3 Å². The highest BCUT2D eigenvalue weighted by Crippen LogP contribution is 2.20. The van der Waals surface area contributed by atoms with Crippen LogP contribution >= 0.6 is 0 Å². The first-order chi connectivity index (χ1) is 11.9. The minimum absolute atomic E-state index is 0.101. The lowest BCUT2D eigenvalue weighted by Gasteiger charge is -2.36. The van der Waals surface area contributed by atoms with E-state index in [4.69, 9.17) is 0 Å². The molecular formula is C19H22N2O3S. The zero-order chi connectivity index (χ0) is 18.0. The molecule has 0 saturated carbocycles. The third kappa shape index (κ3) is 3.85. The van der Waals surface area contributed by atoms with Crippen molar-refractivity contribution in [2.45, 2.75) is 11.8 Å². The first kappa shape index (κ1) is 17.5. The zero-order valence-electron chi connectivity index (χ0n) is 14.5. The van der Waals surface area contributed by atoms with E-state index in [2.05, 4.69) is 17.0 Å². The Bertz CT molecular complexity index is 871. The van der Waals surface area contributed by atoms with E-state index >= 15 is 0 Å². The lowest BCUT2D eigenvalue weighted by Crippen LogP contribution is -2.49. The second-order valence-electron chi connectivity index (χ2n) is 6.36. The van der Waals surface area contributed by atoms with Gasteiger partial charge in [-0.3, -0.25) is 4.79 Å². The highest BCUT2D eigenvalue weighted by molar-refractivity contribution is 7.90. The normalized spacial score (nSPS) is 15.3. The van der Waals surface area contributed by atoms with Gasteiger partial charge in [0.1, 0.15) is 0 Å². The minimum Gasteiger partial charge on any atom is -0.368 e. The van der Waals surface area contributed by atoms with Crippen molar-refractivity contribution in [3.8, 4) is 0 Å². The SMILES string of the molecule is Cc1ccc(S(C)(=O)=O)cc1C(=O)N1CCN(c2ccccc2)CC1. The second kappa shape index (κ2) is 6.88. The van der Waals surface area contributed by atoms with Gasteiger partial charge in [0.2, 0.25) is 0 Å². The predicted octanol–water partition coefficient (Wildman–Crippen LogP) is 2.36. The van der Waals surface area contributed by atoms with Crippen molar-refractivity contribution in [1.29, 1.82) is 0 Å². The number of aryl methyl sites for hydroxylation is 1. The molecular weight excluding hydrogens is 336 g/mol. The summed E-state index contributed by atoms with van der Waals surface area (Å²) in [5, 5.41) is 0. The minimum atomic E-state index is -3.33. The Hall–Kier alpha value is -2.34. The van der Waals surface area contributed by atoms with E-state index in [1.54, 1.807) is 17.0 Å². The molecule has 1 heterocycles. The molecule has 0 atom stereocenters. The van der Waals surface area contributed by atoms with Crippen molar-refractivity contribution in [3.63, 3.8) is 0 Å². The van der Waals surface area contributed by atoms with Crippen LogP contribution in [0, 0.1) is 6.92 Å². The quantitative estimate of drug-likeness (QED) is 0.845. The Labute approximate surface area is 148 Å². The van der Waals surface area contributed by atoms with E-state index in [9.17, 15) is 13.2 Å². The second-order valence-corrected chi connectivity index (χ2v) is 8.38. The van der Waals surface area contributed by atoms with Crippen molar-refractivity contribution >= 4 is 21.4 Å². The molecule has 1 saturated heterocycles. The lowest BCUT2D eigenvalue weighted by molar-refractivity contribution is 0.0746. The van der Waals surface area contributed by atoms with Gasteiger partial charge in [-0.2, -0.15) is 0 Å². The molecule has 1 amide bonds. The fourth-order valence-corrected chi connectivity index (χ4v) is 3.69. The molecule has 5 nitrogen and oxygen atoms in total. The first-order valence-electron chi connectivity index (χ1n) is 8.26. The number of benzene rings is 2. The molecule has 0 unspecified atom stereocenters. The number of anilines is 1. The molecule has 3 rings (SSSR count). The van der Waals surface area contributed by atoms with Gasteiger partial charge in [0.05, 0.1) is 4.90 Å². The van der Waals surface area contributed by atoms with Crippen LogP contribution in [0.1, 0.15) is 15.9 Å². The fraction of sp³-hybridized carbons (Fsp3) is 0.316.